The fourth-order valence-corrected chi connectivity index (χ4v) is 2.98. The van der Waals surface area contributed by atoms with Gasteiger partial charge in [-0.1, -0.05) is 23.7 Å². The zero-order chi connectivity index (χ0) is 23.5. The van der Waals surface area contributed by atoms with Crippen LogP contribution in [0.3, 0.4) is 0 Å². The maximum absolute atomic E-state index is 12.2. The molecule has 1 aromatic heterocycles. The number of anilines is 1. The lowest BCUT2D eigenvalue weighted by molar-refractivity contribution is 0.0972. The summed E-state index contributed by atoms with van der Waals surface area (Å²) in [5, 5.41) is 11.0. The molecule has 1 heterocycles. The molecular formula is C19H23ClN8O3S. The van der Waals surface area contributed by atoms with Crippen LogP contribution in [0.15, 0.2) is 29.3 Å². The third kappa shape index (κ3) is 7.77. The van der Waals surface area contributed by atoms with Crippen LogP contribution < -0.4 is 26.2 Å². The number of nitriles is 1. The van der Waals surface area contributed by atoms with Crippen LogP contribution in [0.4, 0.5) is 5.82 Å². The van der Waals surface area contributed by atoms with Gasteiger partial charge in [0, 0.05) is 6.54 Å². The topological polar surface area (TPSA) is 181 Å². The smallest absolute Gasteiger partial charge is 0.280 e. The van der Waals surface area contributed by atoms with E-state index in [4.69, 9.17) is 33.1 Å². The summed E-state index contributed by atoms with van der Waals surface area (Å²) < 4.78 is 19.3. The van der Waals surface area contributed by atoms with Crippen molar-refractivity contribution in [3.05, 3.63) is 46.4 Å². The summed E-state index contributed by atoms with van der Waals surface area (Å²) in [6, 6.07) is 9.28. The minimum absolute atomic E-state index is 0.0860. The van der Waals surface area contributed by atoms with Gasteiger partial charge in [0.05, 0.1) is 0 Å². The van der Waals surface area contributed by atoms with Gasteiger partial charge in [0.15, 0.2) is 34.3 Å². The third-order valence-electron chi connectivity index (χ3n) is 4.08. The Balaban J connectivity index is 1.75. The number of nitrogens with one attached hydrogen (secondary N) is 2. The summed E-state index contributed by atoms with van der Waals surface area (Å²) in [5.74, 6) is -0.300. The van der Waals surface area contributed by atoms with E-state index in [0.29, 0.717) is 12.3 Å². The van der Waals surface area contributed by atoms with E-state index in [1.165, 1.54) is 0 Å². The van der Waals surface area contributed by atoms with E-state index in [-0.39, 0.29) is 34.3 Å². The van der Waals surface area contributed by atoms with Crippen LogP contribution in [-0.4, -0.2) is 45.6 Å². The molecule has 2 aromatic rings. The minimum atomic E-state index is -1.21. The Morgan fingerprint density at radius 1 is 1.31 bits per heavy atom. The number of benzene rings is 1. The third-order valence-corrected chi connectivity index (χ3v) is 5.13. The summed E-state index contributed by atoms with van der Waals surface area (Å²) in [7, 11) is 0.387. The Bertz CT molecular complexity index is 1040. The molecule has 13 heteroatoms. The number of aromatic nitrogens is 2. The minimum Gasteiger partial charge on any atom is -0.479 e. The molecule has 0 saturated carbocycles. The largest absolute Gasteiger partial charge is 0.479 e. The van der Waals surface area contributed by atoms with Crippen molar-refractivity contribution in [1.29, 1.82) is 5.26 Å². The molecule has 0 aliphatic carbocycles. The average molecular weight is 479 g/mol. The maximum atomic E-state index is 12.2. The van der Waals surface area contributed by atoms with Gasteiger partial charge in [-0.2, -0.15) is 5.26 Å². The van der Waals surface area contributed by atoms with Crippen LogP contribution in [-0.2, 0) is 17.4 Å². The molecule has 1 aromatic carbocycles. The standard InChI is InChI=1S/C19H23ClN8O3S/c1-24-32(30)11-31-13-7-5-12(6-8-13)4-2-3-9-25-19(23)28-18(29)15-17(22)26-14(10-21)16(20)27-15/h5-8,24H,2-4,9,11H2,1H3,(H2,22,26)(H3,23,25,28,29). The molecule has 0 aliphatic rings. The maximum Gasteiger partial charge on any atom is 0.280 e. The second kappa shape index (κ2) is 12.6. The first kappa shape index (κ1) is 25.0. The number of hydrogen-bond donors (Lipinski definition) is 4. The van der Waals surface area contributed by atoms with Crippen LogP contribution >= 0.6 is 11.6 Å². The van der Waals surface area contributed by atoms with E-state index in [0.717, 1.165) is 24.8 Å². The van der Waals surface area contributed by atoms with Crippen molar-refractivity contribution in [3.63, 3.8) is 0 Å². The molecule has 2 rings (SSSR count). The number of guanidine groups is 1. The lowest BCUT2D eigenvalue weighted by atomic mass is 10.1. The number of carbonyl (C=O) groups is 1. The number of hydrogen-bond acceptors (Lipinski definition) is 8. The van der Waals surface area contributed by atoms with Crippen molar-refractivity contribution >= 4 is 40.3 Å². The first-order chi connectivity index (χ1) is 15.3. The van der Waals surface area contributed by atoms with E-state index in [1.807, 2.05) is 24.3 Å². The van der Waals surface area contributed by atoms with E-state index in [1.54, 1.807) is 13.1 Å². The molecule has 0 fully saturated rings. The monoisotopic (exact) mass is 478 g/mol. The highest BCUT2D eigenvalue weighted by Crippen LogP contribution is 2.15. The predicted molar refractivity (Wildman–Crippen MR) is 122 cm³/mol. The highest BCUT2D eigenvalue weighted by atomic mass is 35.5. The van der Waals surface area contributed by atoms with Crippen molar-refractivity contribution in [1.82, 2.24) is 20.0 Å². The number of aliphatic imine (C=N–C) groups is 1. The molecule has 0 radical (unpaired) electrons. The summed E-state index contributed by atoms with van der Waals surface area (Å²) in [6.07, 6.45) is 2.44. The fourth-order valence-electron chi connectivity index (χ4n) is 2.45. The molecule has 1 unspecified atom stereocenters. The number of carbonyl (C=O) groups excluding carboxylic acids is 1. The molecule has 0 saturated heterocycles. The van der Waals surface area contributed by atoms with Gasteiger partial charge >= 0.3 is 0 Å². The van der Waals surface area contributed by atoms with Gasteiger partial charge in [-0.3, -0.25) is 15.1 Å². The fraction of sp³-hybridized carbons (Fsp3) is 0.316. The molecule has 0 bridgehead atoms. The van der Waals surface area contributed by atoms with Crippen molar-refractivity contribution in [3.8, 4) is 11.8 Å². The van der Waals surface area contributed by atoms with Crippen LogP contribution in [0, 0.1) is 11.3 Å². The molecule has 0 aliphatic heterocycles. The van der Waals surface area contributed by atoms with E-state index in [2.05, 4.69) is 25.0 Å². The molecule has 1 amide bonds. The molecule has 11 nitrogen and oxygen atoms in total. The lowest BCUT2D eigenvalue weighted by Crippen LogP contribution is -2.38. The van der Waals surface area contributed by atoms with Crippen LogP contribution in [0.5, 0.6) is 5.75 Å². The quantitative estimate of drug-likeness (QED) is 0.220. The van der Waals surface area contributed by atoms with Gasteiger partial charge in [0.25, 0.3) is 5.91 Å². The molecule has 32 heavy (non-hydrogen) atoms. The Labute approximate surface area is 192 Å². The number of halogens is 1. The molecule has 170 valence electrons. The number of nitrogens with two attached hydrogens (primary N) is 2. The lowest BCUT2D eigenvalue weighted by Gasteiger charge is -2.07. The number of nitrogen functional groups attached to an aromatic ring is 1. The predicted octanol–water partition coefficient (Wildman–Crippen LogP) is 0.871. The summed E-state index contributed by atoms with van der Waals surface area (Å²) in [4.78, 5) is 23.8. The zero-order valence-electron chi connectivity index (χ0n) is 17.3. The van der Waals surface area contributed by atoms with Crippen molar-refractivity contribution in [2.24, 2.45) is 10.7 Å². The number of aryl methyl sites for hydroxylation is 1. The molecule has 1 atom stereocenters. The molecular weight excluding hydrogens is 456 g/mol. The van der Waals surface area contributed by atoms with Gasteiger partial charge in [0.2, 0.25) is 0 Å². The number of nitrogens with zero attached hydrogens (tertiary/aromatic N) is 4. The number of unbranched alkanes of at least 4 members (excludes halogenated alkanes) is 1. The van der Waals surface area contributed by atoms with Gasteiger partial charge in [0.1, 0.15) is 22.8 Å². The molecule has 6 N–H and O–H groups in total. The van der Waals surface area contributed by atoms with Gasteiger partial charge in [-0.25, -0.2) is 18.9 Å². The van der Waals surface area contributed by atoms with Gasteiger partial charge < -0.3 is 16.2 Å². The van der Waals surface area contributed by atoms with Crippen LogP contribution in [0.25, 0.3) is 0 Å². The van der Waals surface area contributed by atoms with Crippen molar-refractivity contribution in [2.45, 2.75) is 19.3 Å². The first-order valence-electron chi connectivity index (χ1n) is 9.46. The number of rotatable bonds is 10. The van der Waals surface area contributed by atoms with E-state index in [9.17, 15) is 9.00 Å². The van der Waals surface area contributed by atoms with Crippen LogP contribution in [0.1, 0.15) is 34.6 Å². The Morgan fingerprint density at radius 2 is 2.03 bits per heavy atom. The number of ether oxygens (including phenoxy) is 1. The Kier molecular flexibility index (Phi) is 9.80. The van der Waals surface area contributed by atoms with Crippen molar-refractivity contribution < 1.29 is 13.7 Å². The average Bonchev–Trinajstić information content (AvgIpc) is 2.79. The van der Waals surface area contributed by atoms with E-state index >= 15 is 0 Å². The summed E-state index contributed by atoms with van der Waals surface area (Å²) >= 11 is 5.78. The first-order valence-corrected chi connectivity index (χ1v) is 11.2. The van der Waals surface area contributed by atoms with Gasteiger partial charge in [-0.05, 0) is 44.0 Å². The highest BCUT2D eigenvalue weighted by Gasteiger charge is 2.17. The summed E-state index contributed by atoms with van der Waals surface area (Å²) in [6.45, 7) is 0.415. The van der Waals surface area contributed by atoms with Crippen LogP contribution in [0.2, 0.25) is 5.15 Å². The van der Waals surface area contributed by atoms with Crippen molar-refractivity contribution in [2.75, 3.05) is 25.3 Å². The highest BCUT2D eigenvalue weighted by molar-refractivity contribution is 7.82. The normalized spacial score (nSPS) is 12.1. The number of amides is 1. The second-order valence-electron chi connectivity index (χ2n) is 6.34. The van der Waals surface area contributed by atoms with E-state index < -0.39 is 16.9 Å². The van der Waals surface area contributed by atoms with Gasteiger partial charge in [-0.15, -0.1) is 0 Å². The Morgan fingerprint density at radius 3 is 2.69 bits per heavy atom. The Hall–Kier alpha value is -3.27. The zero-order valence-corrected chi connectivity index (χ0v) is 18.9. The molecule has 0 spiro atoms. The SMILES string of the molecule is CNS(=O)COc1ccc(CCCCN=C(N)NC(=O)c2nc(Cl)c(C#N)nc2N)cc1. The summed E-state index contributed by atoms with van der Waals surface area (Å²) in [5.41, 5.74) is 12.1. The second-order valence-corrected chi connectivity index (χ2v) is 8.04.